The Kier molecular flexibility index (Phi) is 4.51. The van der Waals surface area contributed by atoms with Crippen LogP contribution in [0.5, 0.6) is 0 Å². The molecule has 1 saturated heterocycles. The minimum Gasteiger partial charge on any atom is -0.459 e. The molecule has 0 aromatic heterocycles. The minimum absolute atomic E-state index is 0.0900. The molecule has 1 aliphatic carbocycles. The van der Waals surface area contributed by atoms with Crippen LogP contribution in [0, 0.1) is 17.3 Å². The van der Waals surface area contributed by atoms with Crippen LogP contribution in [-0.2, 0) is 23.9 Å². The van der Waals surface area contributed by atoms with Crippen molar-refractivity contribution in [2.45, 2.75) is 58.7 Å². The summed E-state index contributed by atoms with van der Waals surface area (Å²) in [4.78, 5) is 37.1. The van der Waals surface area contributed by atoms with Crippen LogP contribution < -0.4 is 0 Å². The summed E-state index contributed by atoms with van der Waals surface area (Å²) in [7, 11) is 0. The molecule has 0 unspecified atom stereocenters. The average Bonchev–Trinajstić information content (AvgIpc) is 2.69. The number of hydrogen-bond donors (Lipinski definition) is 0. The van der Waals surface area contributed by atoms with Crippen molar-refractivity contribution in [3.05, 3.63) is 24.8 Å². The van der Waals surface area contributed by atoms with Crippen molar-refractivity contribution in [2.24, 2.45) is 17.3 Å². The van der Waals surface area contributed by atoms with E-state index in [4.69, 9.17) is 9.47 Å². The lowest BCUT2D eigenvalue weighted by Gasteiger charge is -2.45. The number of allylic oxidation sites excluding steroid dienone is 2. The standard InChI is InChI=1S/C19H26O5/c1-7-9-18(5,6)19-10-8-12(20)11-13(19)14(16(22)24-19)15(21)23-17(2,3)4/h7-8,10,13-14H,1,9,11H2,2-6H3/t13-,14+,19-/m1/s1. The third-order valence-corrected chi connectivity index (χ3v) is 4.79. The van der Waals surface area contributed by atoms with Crippen LogP contribution in [0.1, 0.15) is 47.5 Å². The Hall–Kier alpha value is -1.91. The highest BCUT2D eigenvalue weighted by molar-refractivity contribution is 6.00. The summed E-state index contributed by atoms with van der Waals surface area (Å²) in [6.45, 7) is 12.9. The van der Waals surface area contributed by atoms with E-state index in [1.807, 2.05) is 13.8 Å². The molecule has 0 saturated carbocycles. The van der Waals surface area contributed by atoms with E-state index < -0.39 is 40.4 Å². The van der Waals surface area contributed by atoms with Gasteiger partial charge in [-0.25, -0.2) is 0 Å². The first-order valence-corrected chi connectivity index (χ1v) is 8.22. The van der Waals surface area contributed by atoms with Crippen molar-refractivity contribution in [3.63, 3.8) is 0 Å². The first kappa shape index (κ1) is 18.4. The summed E-state index contributed by atoms with van der Waals surface area (Å²) in [6, 6.07) is 0. The van der Waals surface area contributed by atoms with Crippen LogP contribution in [0.25, 0.3) is 0 Å². The molecule has 132 valence electrons. The van der Waals surface area contributed by atoms with Gasteiger partial charge in [0.25, 0.3) is 0 Å². The molecule has 0 amide bonds. The fourth-order valence-electron chi connectivity index (χ4n) is 3.66. The summed E-state index contributed by atoms with van der Waals surface area (Å²) < 4.78 is 11.1. The van der Waals surface area contributed by atoms with Crippen molar-refractivity contribution in [1.82, 2.24) is 0 Å². The zero-order valence-electron chi connectivity index (χ0n) is 15.0. The molecule has 1 fully saturated rings. The van der Waals surface area contributed by atoms with E-state index in [0.717, 1.165) is 0 Å². The Labute approximate surface area is 143 Å². The summed E-state index contributed by atoms with van der Waals surface area (Å²) in [6.07, 6.45) is 5.52. The highest BCUT2D eigenvalue weighted by Crippen LogP contribution is 2.54. The summed E-state index contributed by atoms with van der Waals surface area (Å²) in [5.74, 6) is -3.01. The quantitative estimate of drug-likeness (QED) is 0.449. The van der Waals surface area contributed by atoms with Gasteiger partial charge in [0.05, 0.1) is 0 Å². The molecule has 0 bridgehead atoms. The first-order chi connectivity index (χ1) is 10.9. The van der Waals surface area contributed by atoms with E-state index in [1.165, 1.54) is 6.08 Å². The van der Waals surface area contributed by atoms with Crippen LogP contribution in [0.3, 0.4) is 0 Å². The predicted octanol–water partition coefficient (Wildman–Crippen LogP) is 2.99. The van der Waals surface area contributed by atoms with Crippen molar-refractivity contribution >= 4 is 17.7 Å². The van der Waals surface area contributed by atoms with Crippen LogP contribution in [0.2, 0.25) is 0 Å². The number of ether oxygens (including phenoxy) is 2. The van der Waals surface area contributed by atoms with Gasteiger partial charge in [-0.1, -0.05) is 19.9 Å². The second-order valence-corrected chi connectivity index (χ2v) is 8.21. The lowest BCUT2D eigenvalue weighted by molar-refractivity contribution is -0.166. The molecule has 1 heterocycles. The highest BCUT2D eigenvalue weighted by atomic mass is 16.6. The monoisotopic (exact) mass is 334 g/mol. The fourth-order valence-corrected chi connectivity index (χ4v) is 3.66. The lowest BCUT2D eigenvalue weighted by Crippen LogP contribution is -2.51. The largest absolute Gasteiger partial charge is 0.459 e. The van der Waals surface area contributed by atoms with Crippen molar-refractivity contribution in [2.75, 3.05) is 0 Å². The molecule has 0 radical (unpaired) electrons. The molecule has 0 aromatic rings. The first-order valence-electron chi connectivity index (χ1n) is 8.22. The van der Waals surface area contributed by atoms with Crippen LogP contribution in [-0.4, -0.2) is 28.9 Å². The van der Waals surface area contributed by atoms with Gasteiger partial charge in [0, 0.05) is 17.8 Å². The Balaban J connectivity index is 2.46. The normalized spacial score (nSPS) is 29.9. The lowest BCUT2D eigenvalue weighted by atomic mass is 9.61. The zero-order chi connectivity index (χ0) is 18.3. The molecular formula is C19H26O5. The molecule has 0 aromatic carbocycles. The third kappa shape index (κ3) is 3.04. The van der Waals surface area contributed by atoms with Crippen LogP contribution in [0.4, 0.5) is 0 Å². The maximum Gasteiger partial charge on any atom is 0.321 e. The molecule has 0 spiro atoms. The highest BCUT2D eigenvalue weighted by Gasteiger charge is 2.64. The summed E-state index contributed by atoms with van der Waals surface area (Å²) >= 11 is 0. The van der Waals surface area contributed by atoms with Gasteiger partial charge in [-0.15, -0.1) is 6.58 Å². The summed E-state index contributed by atoms with van der Waals surface area (Å²) in [5.41, 5.74) is -2.22. The number of ketones is 1. The van der Waals surface area contributed by atoms with Crippen molar-refractivity contribution < 1.29 is 23.9 Å². The van der Waals surface area contributed by atoms with Gasteiger partial charge < -0.3 is 9.47 Å². The Morgan fingerprint density at radius 2 is 2.00 bits per heavy atom. The predicted molar refractivity (Wildman–Crippen MR) is 89.0 cm³/mol. The molecule has 3 atom stereocenters. The van der Waals surface area contributed by atoms with Crippen LogP contribution in [0.15, 0.2) is 24.8 Å². The molecule has 24 heavy (non-hydrogen) atoms. The fraction of sp³-hybridized carbons (Fsp3) is 0.632. The van der Waals surface area contributed by atoms with E-state index in [2.05, 4.69) is 6.58 Å². The smallest absolute Gasteiger partial charge is 0.321 e. The molecule has 1 aliphatic heterocycles. The van der Waals surface area contributed by atoms with Crippen LogP contribution >= 0.6 is 0 Å². The number of fused-ring (bicyclic) bond motifs is 1. The molecule has 0 N–H and O–H groups in total. The molecule has 2 aliphatic rings. The molecule has 5 nitrogen and oxygen atoms in total. The minimum atomic E-state index is -1.08. The van der Waals surface area contributed by atoms with E-state index in [0.29, 0.717) is 6.42 Å². The zero-order valence-corrected chi connectivity index (χ0v) is 15.0. The molecule has 5 heteroatoms. The Morgan fingerprint density at radius 1 is 1.38 bits per heavy atom. The van der Waals surface area contributed by atoms with E-state index >= 15 is 0 Å². The van der Waals surface area contributed by atoms with E-state index in [1.54, 1.807) is 32.9 Å². The number of esters is 2. The number of hydrogen-bond acceptors (Lipinski definition) is 5. The SMILES string of the molecule is C=CCC(C)(C)[C@@]12C=CC(=O)C[C@@H]1[C@@H](C(=O)OC(C)(C)C)C(=O)O2. The van der Waals surface area contributed by atoms with Gasteiger partial charge in [-0.3, -0.25) is 14.4 Å². The van der Waals surface area contributed by atoms with Gasteiger partial charge in [0.1, 0.15) is 11.2 Å². The number of rotatable bonds is 4. The van der Waals surface area contributed by atoms with Crippen molar-refractivity contribution in [3.8, 4) is 0 Å². The van der Waals surface area contributed by atoms with Gasteiger partial charge in [-0.2, -0.15) is 0 Å². The average molecular weight is 334 g/mol. The van der Waals surface area contributed by atoms with Gasteiger partial charge in [0.15, 0.2) is 11.7 Å². The maximum atomic E-state index is 12.6. The molecule has 2 rings (SSSR count). The molecular weight excluding hydrogens is 308 g/mol. The van der Waals surface area contributed by atoms with Gasteiger partial charge in [-0.05, 0) is 39.3 Å². The Morgan fingerprint density at radius 3 is 2.54 bits per heavy atom. The second-order valence-electron chi connectivity index (χ2n) is 8.21. The van der Waals surface area contributed by atoms with E-state index in [9.17, 15) is 14.4 Å². The maximum absolute atomic E-state index is 12.6. The number of carbonyl (C=O) groups excluding carboxylic acids is 3. The second kappa shape index (κ2) is 5.87. The van der Waals surface area contributed by atoms with E-state index in [-0.39, 0.29) is 12.2 Å². The topological polar surface area (TPSA) is 69.7 Å². The van der Waals surface area contributed by atoms with Gasteiger partial charge in [0.2, 0.25) is 0 Å². The number of carbonyl (C=O) groups is 3. The third-order valence-electron chi connectivity index (χ3n) is 4.79. The summed E-state index contributed by atoms with van der Waals surface area (Å²) in [5, 5.41) is 0. The van der Waals surface area contributed by atoms with Gasteiger partial charge >= 0.3 is 11.9 Å². The van der Waals surface area contributed by atoms with Crippen molar-refractivity contribution in [1.29, 1.82) is 0 Å². The Bertz CT molecular complexity index is 608.